The fourth-order valence-electron chi connectivity index (χ4n) is 2.08. The number of anilines is 1. The molecule has 128 valence electrons. The average molecular weight is 328 g/mol. The number of nitrogens with two attached hydrogens (primary N) is 1. The molecule has 24 heavy (non-hydrogen) atoms. The second-order valence-electron chi connectivity index (χ2n) is 5.20. The number of aromatic nitrogens is 1. The van der Waals surface area contributed by atoms with Crippen LogP contribution in [0.25, 0.3) is 0 Å². The summed E-state index contributed by atoms with van der Waals surface area (Å²) < 4.78 is 11.0. The molecule has 1 aromatic heterocycles. The lowest BCUT2D eigenvalue weighted by atomic mass is 10.2. The number of unbranched alkanes of at least 4 members (excludes halogenated alkanes) is 1. The van der Waals surface area contributed by atoms with Crippen molar-refractivity contribution in [1.82, 2.24) is 4.98 Å². The minimum atomic E-state index is 0.308. The average Bonchev–Trinajstić information content (AvgIpc) is 2.61. The van der Waals surface area contributed by atoms with Gasteiger partial charge in [0.2, 0.25) is 5.88 Å². The van der Waals surface area contributed by atoms with E-state index < -0.39 is 0 Å². The first-order chi connectivity index (χ1) is 11.7. The molecule has 0 aliphatic carbocycles. The largest absolute Gasteiger partial charge is 0.495 e. The Bertz CT molecular complexity index is 674. The summed E-state index contributed by atoms with van der Waals surface area (Å²) in [5, 5.41) is 3.04. The van der Waals surface area contributed by atoms with E-state index in [1.807, 2.05) is 36.4 Å². The maximum Gasteiger partial charge on any atom is 0.218 e. The van der Waals surface area contributed by atoms with Crippen molar-refractivity contribution in [2.24, 2.45) is 10.7 Å². The summed E-state index contributed by atoms with van der Waals surface area (Å²) in [6, 6.07) is 11.3. The van der Waals surface area contributed by atoms with Crippen LogP contribution >= 0.6 is 0 Å². The number of rotatable bonds is 8. The van der Waals surface area contributed by atoms with Crippen molar-refractivity contribution in [2.45, 2.75) is 26.3 Å². The number of pyridine rings is 1. The van der Waals surface area contributed by atoms with Crippen molar-refractivity contribution in [3.05, 3.63) is 48.2 Å². The van der Waals surface area contributed by atoms with E-state index in [1.165, 1.54) is 0 Å². The minimum Gasteiger partial charge on any atom is -0.495 e. The second kappa shape index (κ2) is 9.39. The Labute approximate surface area is 142 Å². The molecule has 0 amide bonds. The predicted octanol–water partition coefficient (Wildman–Crippen LogP) is 3.20. The molecule has 0 bridgehead atoms. The molecule has 2 rings (SSSR count). The minimum absolute atomic E-state index is 0.308. The Hall–Kier alpha value is -2.76. The molecule has 0 aliphatic rings. The molecular formula is C18H24N4O2. The van der Waals surface area contributed by atoms with Gasteiger partial charge in [0.25, 0.3) is 0 Å². The molecule has 1 aromatic carbocycles. The van der Waals surface area contributed by atoms with Crippen molar-refractivity contribution in [1.29, 1.82) is 0 Å². The van der Waals surface area contributed by atoms with Gasteiger partial charge in [-0.3, -0.25) is 0 Å². The van der Waals surface area contributed by atoms with Gasteiger partial charge in [0.15, 0.2) is 5.96 Å². The van der Waals surface area contributed by atoms with Gasteiger partial charge in [-0.25, -0.2) is 9.98 Å². The molecule has 0 radical (unpaired) electrons. The predicted molar refractivity (Wildman–Crippen MR) is 96.6 cm³/mol. The molecule has 0 saturated carbocycles. The summed E-state index contributed by atoms with van der Waals surface area (Å²) in [7, 11) is 1.61. The van der Waals surface area contributed by atoms with Crippen LogP contribution in [0.3, 0.4) is 0 Å². The first-order valence-electron chi connectivity index (χ1n) is 8.01. The van der Waals surface area contributed by atoms with Gasteiger partial charge in [-0.1, -0.05) is 31.5 Å². The van der Waals surface area contributed by atoms with E-state index in [2.05, 4.69) is 22.2 Å². The van der Waals surface area contributed by atoms with Crippen LogP contribution in [0, 0.1) is 0 Å². The van der Waals surface area contributed by atoms with Crippen LogP contribution in [-0.2, 0) is 6.54 Å². The Balaban J connectivity index is 2.02. The van der Waals surface area contributed by atoms with E-state index in [-0.39, 0.29) is 0 Å². The van der Waals surface area contributed by atoms with E-state index in [9.17, 15) is 0 Å². The molecule has 2 aromatic rings. The zero-order valence-corrected chi connectivity index (χ0v) is 14.2. The van der Waals surface area contributed by atoms with Crippen LogP contribution in [0.2, 0.25) is 0 Å². The molecule has 0 spiro atoms. The molecule has 0 aliphatic heterocycles. The van der Waals surface area contributed by atoms with Crippen LogP contribution in [0.1, 0.15) is 25.3 Å². The van der Waals surface area contributed by atoms with Gasteiger partial charge in [0.1, 0.15) is 5.75 Å². The lowest BCUT2D eigenvalue weighted by Gasteiger charge is -2.11. The molecule has 6 nitrogen and oxygen atoms in total. The summed E-state index contributed by atoms with van der Waals surface area (Å²) in [5.41, 5.74) is 7.64. The zero-order chi connectivity index (χ0) is 17.2. The van der Waals surface area contributed by atoms with Crippen LogP contribution in [0.4, 0.5) is 5.69 Å². The SMILES string of the molecule is CCCCOc1ncccc1CN=C(N)Nc1ccccc1OC. The molecule has 1 heterocycles. The van der Waals surface area contributed by atoms with Crippen LogP contribution in [-0.4, -0.2) is 24.7 Å². The zero-order valence-electron chi connectivity index (χ0n) is 14.2. The fourth-order valence-corrected chi connectivity index (χ4v) is 2.08. The van der Waals surface area contributed by atoms with Crippen molar-refractivity contribution >= 4 is 11.6 Å². The maximum absolute atomic E-state index is 5.97. The van der Waals surface area contributed by atoms with Gasteiger partial charge >= 0.3 is 0 Å². The Morgan fingerprint density at radius 1 is 1.25 bits per heavy atom. The Kier molecular flexibility index (Phi) is 6.89. The van der Waals surface area contributed by atoms with Crippen LogP contribution in [0.15, 0.2) is 47.6 Å². The number of para-hydroxylation sites is 2. The molecule has 0 atom stereocenters. The maximum atomic E-state index is 5.97. The van der Waals surface area contributed by atoms with Gasteiger partial charge in [0.05, 0.1) is 25.9 Å². The smallest absolute Gasteiger partial charge is 0.218 e. The second-order valence-corrected chi connectivity index (χ2v) is 5.20. The fraction of sp³-hybridized carbons (Fsp3) is 0.333. The highest BCUT2D eigenvalue weighted by Crippen LogP contribution is 2.22. The first kappa shape index (κ1) is 17.6. The lowest BCUT2D eigenvalue weighted by molar-refractivity contribution is 0.294. The normalized spacial score (nSPS) is 11.2. The van der Waals surface area contributed by atoms with Crippen molar-refractivity contribution in [2.75, 3.05) is 19.0 Å². The van der Waals surface area contributed by atoms with Crippen molar-refractivity contribution in [3.8, 4) is 11.6 Å². The van der Waals surface area contributed by atoms with E-state index in [0.717, 1.165) is 24.1 Å². The van der Waals surface area contributed by atoms with Gasteiger partial charge < -0.3 is 20.5 Å². The van der Waals surface area contributed by atoms with Crippen LogP contribution in [0.5, 0.6) is 11.6 Å². The summed E-state index contributed by atoms with van der Waals surface area (Å²) in [6.07, 6.45) is 3.79. The molecule has 6 heteroatoms. The monoisotopic (exact) mass is 328 g/mol. The number of nitrogens with one attached hydrogen (secondary N) is 1. The van der Waals surface area contributed by atoms with E-state index in [1.54, 1.807) is 13.3 Å². The highest BCUT2D eigenvalue weighted by molar-refractivity contribution is 5.93. The van der Waals surface area contributed by atoms with Gasteiger partial charge in [-0.2, -0.15) is 0 Å². The highest BCUT2D eigenvalue weighted by Gasteiger charge is 2.06. The third-order valence-electron chi connectivity index (χ3n) is 3.38. The number of aliphatic imine (C=N–C) groups is 1. The molecule has 0 unspecified atom stereocenters. The summed E-state index contributed by atoms with van der Waals surface area (Å²) in [4.78, 5) is 8.63. The van der Waals surface area contributed by atoms with Crippen molar-refractivity contribution < 1.29 is 9.47 Å². The molecule has 0 saturated heterocycles. The van der Waals surface area contributed by atoms with E-state index >= 15 is 0 Å². The number of hydrogen-bond donors (Lipinski definition) is 2. The Morgan fingerprint density at radius 2 is 2.08 bits per heavy atom. The van der Waals surface area contributed by atoms with Gasteiger partial charge in [0, 0.05) is 11.8 Å². The topological polar surface area (TPSA) is 81.8 Å². The van der Waals surface area contributed by atoms with E-state index in [0.29, 0.717) is 30.7 Å². The lowest BCUT2D eigenvalue weighted by Crippen LogP contribution is -2.23. The van der Waals surface area contributed by atoms with E-state index in [4.69, 9.17) is 15.2 Å². The molecular weight excluding hydrogens is 304 g/mol. The Morgan fingerprint density at radius 3 is 2.88 bits per heavy atom. The number of guanidine groups is 1. The molecule has 3 N–H and O–H groups in total. The standard InChI is InChI=1S/C18H24N4O2/c1-3-4-12-24-17-14(8-7-11-20-17)13-21-18(19)22-15-9-5-6-10-16(15)23-2/h5-11H,3-4,12-13H2,1-2H3,(H3,19,21,22). The first-order valence-corrected chi connectivity index (χ1v) is 8.01. The third-order valence-corrected chi connectivity index (χ3v) is 3.38. The van der Waals surface area contributed by atoms with Gasteiger partial charge in [-0.05, 0) is 24.6 Å². The number of methoxy groups -OCH3 is 1. The number of nitrogens with zero attached hydrogens (tertiary/aromatic N) is 2. The number of hydrogen-bond acceptors (Lipinski definition) is 4. The summed E-state index contributed by atoms with van der Waals surface area (Å²) in [6.45, 7) is 3.17. The molecule has 0 fully saturated rings. The van der Waals surface area contributed by atoms with Crippen LogP contribution < -0.4 is 20.5 Å². The third kappa shape index (κ3) is 5.15. The highest BCUT2D eigenvalue weighted by atomic mass is 16.5. The van der Waals surface area contributed by atoms with Crippen molar-refractivity contribution in [3.63, 3.8) is 0 Å². The summed E-state index contributed by atoms with van der Waals surface area (Å²) >= 11 is 0. The quantitative estimate of drug-likeness (QED) is 0.442. The number of ether oxygens (including phenoxy) is 2. The summed E-state index contributed by atoms with van der Waals surface area (Å²) in [5.74, 6) is 1.63. The number of benzene rings is 1. The van der Waals surface area contributed by atoms with Gasteiger partial charge in [-0.15, -0.1) is 0 Å².